The SMILES string of the molecule is CN(C)C(C)(C)C(=O)CCc1ccc2c(c1)CCO2. The van der Waals surface area contributed by atoms with Gasteiger partial charge in [0.25, 0.3) is 0 Å². The lowest BCUT2D eigenvalue weighted by atomic mass is 9.92. The van der Waals surface area contributed by atoms with Crippen LogP contribution < -0.4 is 4.74 Å². The molecule has 3 nitrogen and oxygen atoms in total. The molecular weight excluding hydrogens is 238 g/mol. The number of nitrogens with zero attached hydrogens (tertiary/aromatic N) is 1. The normalized spacial score (nSPS) is 14.4. The molecule has 3 heteroatoms. The van der Waals surface area contributed by atoms with Crippen LogP contribution in [0.2, 0.25) is 0 Å². The highest BCUT2D eigenvalue weighted by Gasteiger charge is 2.28. The highest BCUT2D eigenvalue weighted by molar-refractivity contribution is 5.87. The molecule has 0 saturated carbocycles. The van der Waals surface area contributed by atoms with E-state index in [4.69, 9.17) is 4.74 Å². The number of hydrogen-bond donors (Lipinski definition) is 0. The van der Waals surface area contributed by atoms with Gasteiger partial charge in [-0.25, -0.2) is 0 Å². The Bertz CT molecular complexity index is 478. The first kappa shape index (κ1) is 14.1. The Kier molecular flexibility index (Phi) is 3.95. The molecule has 0 amide bonds. The molecule has 0 atom stereocenters. The van der Waals surface area contributed by atoms with Crippen molar-refractivity contribution in [3.8, 4) is 5.75 Å². The van der Waals surface area contributed by atoms with Gasteiger partial charge in [-0.15, -0.1) is 0 Å². The molecule has 0 fully saturated rings. The van der Waals surface area contributed by atoms with Crippen LogP contribution in [0.5, 0.6) is 5.75 Å². The fourth-order valence-electron chi connectivity index (χ4n) is 2.21. The van der Waals surface area contributed by atoms with Crippen molar-refractivity contribution < 1.29 is 9.53 Å². The van der Waals surface area contributed by atoms with Crippen molar-refractivity contribution in [1.82, 2.24) is 4.90 Å². The van der Waals surface area contributed by atoms with Crippen LogP contribution >= 0.6 is 0 Å². The Morgan fingerprint density at radius 2 is 2.11 bits per heavy atom. The smallest absolute Gasteiger partial charge is 0.152 e. The Hall–Kier alpha value is -1.35. The van der Waals surface area contributed by atoms with Gasteiger partial charge in [0, 0.05) is 12.8 Å². The highest BCUT2D eigenvalue weighted by Crippen LogP contribution is 2.26. The van der Waals surface area contributed by atoms with Crippen LogP contribution in [0.15, 0.2) is 18.2 Å². The molecule has 0 N–H and O–H groups in total. The summed E-state index contributed by atoms with van der Waals surface area (Å²) in [6.07, 6.45) is 2.38. The average molecular weight is 261 g/mol. The molecule has 0 unspecified atom stereocenters. The van der Waals surface area contributed by atoms with E-state index in [-0.39, 0.29) is 11.3 Å². The molecule has 0 aliphatic carbocycles. The van der Waals surface area contributed by atoms with Crippen molar-refractivity contribution >= 4 is 5.78 Å². The molecule has 0 spiro atoms. The third-order valence-electron chi connectivity index (χ3n) is 4.20. The van der Waals surface area contributed by atoms with Crippen molar-refractivity contribution in [2.75, 3.05) is 20.7 Å². The molecule has 0 saturated heterocycles. The van der Waals surface area contributed by atoms with Crippen molar-refractivity contribution in [1.29, 1.82) is 0 Å². The lowest BCUT2D eigenvalue weighted by Gasteiger charge is -2.30. The number of carbonyl (C=O) groups excluding carboxylic acids is 1. The summed E-state index contributed by atoms with van der Waals surface area (Å²) in [6, 6.07) is 6.28. The fourth-order valence-corrected chi connectivity index (χ4v) is 2.21. The van der Waals surface area contributed by atoms with Gasteiger partial charge in [0.1, 0.15) is 5.75 Å². The second kappa shape index (κ2) is 5.33. The molecule has 1 aliphatic rings. The number of benzene rings is 1. The summed E-state index contributed by atoms with van der Waals surface area (Å²) in [5, 5.41) is 0. The van der Waals surface area contributed by atoms with Crippen molar-refractivity contribution in [2.45, 2.75) is 38.6 Å². The predicted molar refractivity (Wildman–Crippen MR) is 76.7 cm³/mol. The lowest BCUT2D eigenvalue weighted by Crippen LogP contribution is -2.45. The van der Waals surface area contributed by atoms with E-state index < -0.39 is 0 Å². The topological polar surface area (TPSA) is 29.5 Å². The molecule has 104 valence electrons. The van der Waals surface area contributed by atoms with Gasteiger partial charge in [-0.3, -0.25) is 9.69 Å². The van der Waals surface area contributed by atoms with E-state index in [0.717, 1.165) is 25.2 Å². The Morgan fingerprint density at radius 1 is 1.37 bits per heavy atom. The number of ketones is 1. The zero-order valence-electron chi connectivity index (χ0n) is 12.3. The van der Waals surface area contributed by atoms with E-state index in [1.165, 1.54) is 11.1 Å². The second-order valence-corrected chi connectivity index (χ2v) is 5.92. The van der Waals surface area contributed by atoms with Crippen LogP contribution in [0.3, 0.4) is 0 Å². The molecule has 1 aliphatic heterocycles. The number of likely N-dealkylation sites (N-methyl/N-ethyl adjacent to an activating group) is 1. The van der Waals surface area contributed by atoms with Gasteiger partial charge in [-0.05, 0) is 51.6 Å². The van der Waals surface area contributed by atoms with Crippen molar-refractivity contribution in [3.63, 3.8) is 0 Å². The Morgan fingerprint density at radius 3 is 2.79 bits per heavy atom. The van der Waals surface area contributed by atoms with Gasteiger partial charge in [0.05, 0.1) is 12.1 Å². The van der Waals surface area contributed by atoms with Crippen LogP contribution in [0.25, 0.3) is 0 Å². The lowest BCUT2D eigenvalue weighted by molar-refractivity contribution is -0.127. The maximum Gasteiger partial charge on any atom is 0.152 e. The molecule has 19 heavy (non-hydrogen) atoms. The van der Waals surface area contributed by atoms with Gasteiger partial charge < -0.3 is 4.74 Å². The van der Waals surface area contributed by atoms with E-state index in [1.54, 1.807) is 0 Å². The molecule has 0 radical (unpaired) electrons. The minimum atomic E-state index is -0.389. The number of aryl methyl sites for hydroxylation is 1. The fraction of sp³-hybridized carbons (Fsp3) is 0.562. The molecule has 1 heterocycles. The predicted octanol–water partition coefficient (Wildman–Crippen LogP) is 2.46. The van der Waals surface area contributed by atoms with E-state index >= 15 is 0 Å². The quantitative estimate of drug-likeness (QED) is 0.815. The Labute approximate surface area is 115 Å². The average Bonchev–Trinajstić information content (AvgIpc) is 2.82. The number of Topliss-reactive ketones (excluding diaryl/α,β-unsaturated/α-hetero) is 1. The second-order valence-electron chi connectivity index (χ2n) is 5.92. The molecule has 2 rings (SSSR count). The maximum atomic E-state index is 12.2. The number of carbonyl (C=O) groups is 1. The number of hydrogen-bond acceptors (Lipinski definition) is 3. The van der Waals surface area contributed by atoms with Crippen molar-refractivity contribution in [2.24, 2.45) is 0 Å². The van der Waals surface area contributed by atoms with Gasteiger partial charge in [-0.1, -0.05) is 12.1 Å². The summed E-state index contributed by atoms with van der Waals surface area (Å²) in [4.78, 5) is 14.2. The molecule has 0 aromatic heterocycles. The van der Waals surface area contributed by atoms with Gasteiger partial charge in [0.15, 0.2) is 5.78 Å². The monoisotopic (exact) mass is 261 g/mol. The molecule has 1 aromatic rings. The first-order chi connectivity index (χ1) is 8.91. The van der Waals surface area contributed by atoms with Gasteiger partial charge >= 0.3 is 0 Å². The van der Waals surface area contributed by atoms with Crippen molar-refractivity contribution in [3.05, 3.63) is 29.3 Å². The Balaban J connectivity index is 1.98. The zero-order valence-corrected chi connectivity index (χ0v) is 12.3. The third kappa shape index (κ3) is 2.98. The number of fused-ring (bicyclic) bond motifs is 1. The summed E-state index contributed by atoms with van der Waals surface area (Å²) >= 11 is 0. The minimum Gasteiger partial charge on any atom is -0.493 e. The first-order valence-corrected chi connectivity index (χ1v) is 6.86. The van der Waals surface area contributed by atoms with Crippen LogP contribution in [0.1, 0.15) is 31.4 Å². The summed E-state index contributed by atoms with van der Waals surface area (Å²) in [5.41, 5.74) is 2.11. The van der Waals surface area contributed by atoms with E-state index in [2.05, 4.69) is 12.1 Å². The van der Waals surface area contributed by atoms with Crippen LogP contribution in [-0.4, -0.2) is 36.9 Å². The highest BCUT2D eigenvalue weighted by atomic mass is 16.5. The van der Waals surface area contributed by atoms with Crippen LogP contribution in [-0.2, 0) is 17.6 Å². The largest absolute Gasteiger partial charge is 0.493 e. The third-order valence-corrected chi connectivity index (χ3v) is 4.20. The number of rotatable bonds is 5. The van der Waals surface area contributed by atoms with Crippen LogP contribution in [0.4, 0.5) is 0 Å². The summed E-state index contributed by atoms with van der Waals surface area (Å²) in [6.45, 7) is 4.74. The minimum absolute atomic E-state index is 0.286. The first-order valence-electron chi connectivity index (χ1n) is 6.86. The zero-order chi connectivity index (χ0) is 14.0. The summed E-state index contributed by atoms with van der Waals surface area (Å²) < 4.78 is 5.49. The summed E-state index contributed by atoms with van der Waals surface area (Å²) in [7, 11) is 3.90. The van der Waals surface area contributed by atoms with Crippen LogP contribution in [0, 0.1) is 0 Å². The number of ether oxygens (including phenoxy) is 1. The molecule has 1 aromatic carbocycles. The maximum absolute atomic E-state index is 12.2. The van der Waals surface area contributed by atoms with Gasteiger partial charge in [0.2, 0.25) is 0 Å². The van der Waals surface area contributed by atoms with E-state index in [9.17, 15) is 4.79 Å². The summed E-state index contributed by atoms with van der Waals surface area (Å²) in [5.74, 6) is 1.29. The van der Waals surface area contributed by atoms with E-state index in [1.807, 2.05) is 38.9 Å². The van der Waals surface area contributed by atoms with Gasteiger partial charge in [-0.2, -0.15) is 0 Å². The van der Waals surface area contributed by atoms with E-state index in [0.29, 0.717) is 6.42 Å². The molecule has 0 bridgehead atoms. The standard InChI is InChI=1S/C16H23NO2/c1-16(2,17(3)4)15(18)8-6-12-5-7-14-13(11-12)9-10-19-14/h5,7,11H,6,8-10H2,1-4H3. The molecular formula is C16H23NO2.